The highest BCUT2D eigenvalue weighted by Crippen LogP contribution is 2.28. The number of ether oxygens (including phenoxy) is 1. The molecular weight excluding hydrogens is 391 g/mol. The molecule has 0 fully saturated rings. The van der Waals surface area contributed by atoms with Crippen molar-refractivity contribution in [1.29, 1.82) is 0 Å². The smallest absolute Gasteiger partial charge is 0.153 e. The van der Waals surface area contributed by atoms with Crippen molar-refractivity contribution in [3.63, 3.8) is 0 Å². The van der Waals surface area contributed by atoms with E-state index in [4.69, 9.17) is 4.74 Å². The molecule has 0 saturated carbocycles. The maximum absolute atomic E-state index is 13.3. The molecule has 20 heavy (non-hydrogen) atoms. The van der Waals surface area contributed by atoms with Gasteiger partial charge in [0.1, 0.15) is 18.2 Å². The van der Waals surface area contributed by atoms with E-state index < -0.39 is 0 Å². The first-order valence-electron chi connectivity index (χ1n) is 5.82. The summed E-state index contributed by atoms with van der Waals surface area (Å²) in [5, 5.41) is 0. The van der Waals surface area contributed by atoms with E-state index in [1.54, 1.807) is 12.1 Å². The second-order valence-corrected chi connectivity index (χ2v) is 6.16. The monoisotopic (exact) mass is 400 g/mol. The lowest BCUT2D eigenvalue weighted by molar-refractivity contribution is 0.111. The summed E-state index contributed by atoms with van der Waals surface area (Å²) >= 11 is 6.57. The molecule has 0 aromatic heterocycles. The largest absolute Gasteiger partial charge is 0.488 e. The number of hydrogen-bond acceptors (Lipinski definition) is 2. The van der Waals surface area contributed by atoms with Crippen LogP contribution < -0.4 is 4.74 Å². The van der Waals surface area contributed by atoms with Crippen LogP contribution in [0.1, 0.15) is 21.5 Å². The highest BCUT2D eigenvalue weighted by atomic mass is 79.9. The van der Waals surface area contributed by atoms with E-state index >= 15 is 0 Å². The van der Waals surface area contributed by atoms with E-state index in [0.29, 0.717) is 21.3 Å². The van der Waals surface area contributed by atoms with Gasteiger partial charge in [-0.1, -0.05) is 31.9 Å². The van der Waals surface area contributed by atoms with Gasteiger partial charge >= 0.3 is 0 Å². The van der Waals surface area contributed by atoms with Crippen LogP contribution in [0.25, 0.3) is 0 Å². The Morgan fingerprint density at radius 3 is 2.50 bits per heavy atom. The van der Waals surface area contributed by atoms with Gasteiger partial charge in [0.15, 0.2) is 6.29 Å². The van der Waals surface area contributed by atoms with Gasteiger partial charge in [-0.05, 0) is 48.4 Å². The Bertz CT molecular complexity index is 636. The predicted octanol–water partition coefficient (Wildman–Crippen LogP) is 5.05. The van der Waals surface area contributed by atoms with E-state index in [0.717, 1.165) is 16.3 Å². The molecule has 0 aliphatic carbocycles. The Morgan fingerprint density at radius 1 is 1.15 bits per heavy atom. The van der Waals surface area contributed by atoms with Crippen LogP contribution in [0.2, 0.25) is 0 Å². The van der Waals surface area contributed by atoms with Gasteiger partial charge in [0, 0.05) is 8.95 Å². The number of benzene rings is 2. The molecule has 0 atom stereocenters. The Kier molecular flexibility index (Phi) is 4.94. The third-order valence-electron chi connectivity index (χ3n) is 2.70. The van der Waals surface area contributed by atoms with E-state index in [9.17, 15) is 9.18 Å². The zero-order valence-electron chi connectivity index (χ0n) is 10.6. The molecule has 0 spiro atoms. The summed E-state index contributed by atoms with van der Waals surface area (Å²) in [6.07, 6.45) is 0.745. The van der Waals surface area contributed by atoms with Crippen LogP contribution >= 0.6 is 31.9 Å². The first kappa shape index (κ1) is 15.2. The average molecular weight is 402 g/mol. The van der Waals surface area contributed by atoms with Crippen molar-refractivity contribution in [2.24, 2.45) is 0 Å². The van der Waals surface area contributed by atoms with Gasteiger partial charge < -0.3 is 4.74 Å². The number of aryl methyl sites for hydroxylation is 1. The number of carbonyl (C=O) groups is 1. The fourth-order valence-electron chi connectivity index (χ4n) is 1.89. The predicted molar refractivity (Wildman–Crippen MR) is 82.7 cm³/mol. The van der Waals surface area contributed by atoms with Crippen molar-refractivity contribution in [2.45, 2.75) is 13.5 Å². The standard InChI is InChI=1S/C15H11Br2FO2/c1-9-2-12(16)5-11(7-19)15(9)20-8-10-3-13(17)6-14(18)4-10/h2-7H,8H2,1H3. The van der Waals surface area contributed by atoms with Crippen molar-refractivity contribution >= 4 is 38.1 Å². The first-order valence-corrected chi connectivity index (χ1v) is 7.41. The molecule has 0 unspecified atom stereocenters. The highest BCUT2D eigenvalue weighted by Gasteiger charge is 2.09. The molecule has 0 saturated heterocycles. The van der Waals surface area contributed by atoms with Crippen LogP contribution in [0.4, 0.5) is 4.39 Å². The second kappa shape index (κ2) is 6.50. The van der Waals surface area contributed by atoms with Crippen molar-refractivity contribution in [3.05, 3.63) is 61.8 Å². The number of halogens is 3. The Hall–Kier alpha value is -1.20. The molecule has 0 aliphatic heterocycles. The molecule has 2 aromatic rings. The maximum Gasteiger partial charge on any atom is 0.153 e. The quantitative estimate of drug-likeness (QED) is 0.670. The first-order chi connectivity index (χ1) is 9.49. The van der Waals surface area contributed by atoms with Gasteiger partial charge in [0.25, 0.3) is 0 Å². The number of rotatable bonds is 4. The molecule has 0 radical (unpaired) electrons. The van der Waals surface area contributed by atoms with Crippen molar-refractivity contribution in [3.8, 4) is 5.75 Å². The minimum absolute atomic E-state index is 0.194. The van der Waals surface area contributed by atoms with E-state index in [1.807, 2.05) is 13.0 Å². The summed E-state index contributed by atoms with van der Waals surface area (Å²) < 4.78 is 20.4. The van der Waals surface area contributed by atoms with Gasteiger partial charge in [-0.2, -0.15) is 0 Å². The Balaban J connectivity index is 2.24. The fourth-order valence-corrected chi connectivity index (χ4v) is 2.99. The molecule has 0 heterocycles. The lowest BCUT2D eigenvalue weighted by Gasteiger charge is -2.12. The van der Waals surface area contributed by atoms with Crippen LogP contribution in [0.3, 0.4) is 0 Å². The maximum atomic E-state index is 13.3. The van der Waals surface area contributed by atoms with Crippen LogP contribution in [0, 0.1) is 12.7 Å². The molecule has 0 bridgehead atoms. The molecule has 2 nitrogen and oxygen atoms in total. The van der Waals surface area contributed by atoms with E-state index in [1.165, 1.54) is 12.1 Å². The van der Waals surface area contributed by atoms with E-state index in [-0.39, 0.29) is 12.4 Å². The minimum atomic E-state index is -0.332. The summed E-state index contributed by atoms with van der Waals surface area (Å²) in [4.78, 5) is 11.1. The van der Waals surface area contributed by atoms with Crippen molar-refractivity contribution < 1.29 is 13.9 Å². The lowest BCUT2D eigenvalue weighted by atomic mass is 10.1. The molecular formula is C15H11Br2FO2. The van der Waals surface area contributed by atoms with Crippen LogP contribution in [-0.2, 0) is 6.61 Å². The third kappa shape index (κ3) is 3.67. The summed E-state index contributed by atoms with van der Waals surface area (Å²) in [6, 6.07) is 8.11. The summed E-state index contributed by atoms with van der Waals surface area (Å²) in [6.45, 7) is 2.05. The number of hydrogen-bond donors (Lipinski definition) is 0. The highest BCUT2D eigenvalue weighted by molar-refractivity contribution is 9.10. The van der Waals surface area contributed by atoms with Crippen LogP contribution in [0.15, 0.2) is 39.3 Å². The van der Waals surface area contributed by atoms with Crippen molar-refractivity contribution in [1.82, 2.24) is 0 Å². The van der Waals surface area contributed by atoms with Gasteiger partial charge in [-0.3, -0.25) is 4.79 Å². The molecule has 2 aromatic carbocycles. The summed E-state index contributed by atoms with van der Waals surface area (Å²) in [5.74, 6) is 0.185. The van der Waals surface area contributed by atoms with E-state index in [2.05, 4.69) is 31.9 Å². The normalized spacial score (nSPS) is 10.4. The molecule has 0 N–H and O–H groups in total. The number of aldehydes is 1. The number of carbonyl (C=O) groups excluding carboxylic acids is 1. The summed E-state index contributed by atoms with van der Waals surface area (Å²) in [7, 11) is 0. The van der Waals surface area contributed by atoms with Gasteiger partial charge in [0.2, 0.25) is 0 Å². The SMILES string of the molecule is Cc1cc(Br)cc(C=O)c1OCc1cc(F)cc(Br)c1. The summed E-state index contributed by atoms with van der Waals surface area (Å²) in [5.41, 5.74) is 2.00. The zero-order valence-corrected chi connectivity index (χ0v) is 13.8. The minimum Gasteiger partial charge on any atom is -0.488 e. The molecule has 2 rings (SSSR count). The molecule has 0 aliphatic rings. The zero-order chi connectivity index (χ0) is 14.7. The van der Waals surface area contributed by atoms with Gasteiger partial charge in [-0.25, -0.2) is 4.39 Å². The molecule has 0 amide bonds. The Labute approximate surface area is 133 Å². The fraction of sp³-hybridized carbons (Fsp3) is 0.133. The lowest BCUT2D eigenvalue weighted by Crippen LogP contribution is -2.01. The second-order valence-electron chi connectivity index (χ2n) is 4.33. The third-order valence-corrected chi connectivity index (χ3v) is 3.62. The average Bonchev–Trinajstić information content (AvgIpc) is 2.35. The van der Waals surface area contributed by atoms with Gasteiger partial charge in [0.05, 0.1) is 5.56 Å². The van der Waals surface area contributed by atoms with Crippen LogP contribution in [0.5, 0.6) is 5.75 Å². The van der Waals surface area contributed by atoms with Crippen LogP contribution in [-0.4, -0.2) is 6.29 Å². The molecule has 5 heteroatoms. The van der Waals surface area contributed by atoms with Crippen molar-refractivity contribution in [2.75, 3.05) is 0 Å². The Morgan fingerprint density at radius 2 is 1.85 bits per heavy atom. The topological polar surface area (TPSA) is 26.3 Å². The molecule has 104 valence electrons. The van der Waals surface area contributed by atoms with Gasteiger partial charge in [-0.15, -0.1) is 0 Å².